The van der Waals surface area contributed by atoms with Crippen LogP contribution in [0.3, 0.4) is 0 Å². The number of aliphatic carboxylic acids is 1. The number of aliphatic hydroxyl groups is 2. The number of aliphatic hydroxyl groups excluding tert-OH is 2. The minimum Gasteiger partial charge on any atom is -0.479 e. The number of carboxylic acids is 1. The molecule has 0 aromatic rings. The fraction of sp³-hybridized carbons (Fsp3) is 0.500. The van der Waals surface area contributed by atoms with Crippen LogP contribution in [-0.4, -0.2) is 39.5 Å². The van der Waals surface area contributed by atoms with E-state index in [9.17, 15) is 9.59 Å². The Kier molecular flexibility index (Phi) is 3.80. The second-order valence-electron chi connectivity index (χ2n) is 1.62. The molecule has 0 saturated heterocycles. The number of hydrogen-bond acceptors (Lipinski definition) is 5. The van der Waals surface area contributed by atoms with Gasteiger partial charge in [0.15, 0.2) is 12.2 Å². The van der Waals surface area contributed by atoms with Gasteiger partial charge in [-0.1, -0.05) is 0 Å². The van der Waals surface area contributed by atoms with Crippen molar-refractivity contribution in [2.45, 2.75) is 12.2 Å². The zero-order valence-corrected chi connectivity index (χ0v) is 5.85. The molecule has 0 bridgehead atoms. The highest BCUT2D eigenvalue weighted by atomic mass is 35.5. The SMILES string of the molecule is O=C(O)C(O)C(O)C(=O)OCl. The van der Waals surface area contributed by atoms with E-state index in [1.54, 1.807) is 0 Å². The van der Waals surface area contributed by atoms with E-state index in [0.717, 1.165) is 0 Å². The van der Waals surface area contributed by atoms with Gasteiger partial charge in [0.1, 0.15) is 11.9 Å². The lowest BCUT2D eigenvalue weighted by Crippen LogP contribution is -2.39. The van der Waals surface area contributed by atoms with Crippen LogP contribution < -0.4 is 0 Å². The molecular formula is C4H5ClO6. The number of rotatable bonds is 3. The Balaban J connectivity index is 4.12. The predicted octanol–water partition coefficient (Wildman–Crippen LogP) is -1.51. The molecule has 0 aromatic heterocycles. The smallest absolute Gasteiger partial charge is 0.356 e. The van der Waals surface area contributed by atoms with Gasteiger partial charge in [0.25, 0.3) is 0 Å². The first kappa shape index (κ1) is 10.2. The summed E-state index contributed by atoms with van der Waals surface area (Å²) in [5.41, 5.74) is 0. The van der Waals surface area contributed by atoms with Gasteiger partial charge in [0.05, 0.1) is 0 Å². The molecule has 0 rings (SSSR count). The van der Waals surface area contributed by atoms with Gasteiger partial charge in [0.2, 0.25) is 0 Å². The predicted molar refractivity (Wildman–Crippen MR) is 31.6 cm³/mol. The molecule has 3 N–H and O–H groups in total. The van der Waals surface area contributed by atoms with Crippen molar-refractivity contribution in [2.75, 3.05) is 0 Å². The van der Waals surface area contributed by atoms with Crippen LogP contribution in [0.5, 0.6) is 0 Å². The first-order chi connectivity index (χ1) is 5.00. The van der Waals surface area contributed by atoms with Crippen LogP contribution in [0.15, 0.2) is 0 Å². The van der Waals surface area contributed by atoms with Crippen molar-refractivity contribution in [1.29, 1.82) is 0 Å². The largest absolute Gasteiger partial charge is 0.479 e. The quantitative estimate of drug-likeness (QED) is 0.493. The number of halogens is 1. The Labute approximate surface area is 66.1 Å². The first-order valence-electron chi connectivity index (χ1n) is 2.42. The normalized spacial score (nSPS) is 15.2. The maximum Gasteiger partial charge on any atom is 0.356 e. The highest BCUT2D eigenvalue weighted by Crippen LogP contribution is 1.98. The summed E-state index contributed by atoms with van der Waals surface area (Å²) in [7, 11) is 0. The second-order valence-corrected chi connectivity index (χ2v) is 1.78. The van der Waals surface area contributed by atoms with Crippen LogP contribution in [0.1, 0.15) is 0 Å². The molecule has 7 heteroatoms. The van der Waals surface area contributed by atoms with E-state index in [1.807, 2.05) is 0 Å². The Morgan fingerprint density at radius 3 is 2.00 bits per heavy atom. The van der Waals surface area contributed by atoms with Gasteiger partial charge in [-0.25, -0.2) is 9.59 Å². The fourth-order valence-electron chi connectivity index (χ4n) is 0.310. The number of carbonyl (C=O) groups is 2. The molecule has 0 saturated carbocycles. The standard InChI is InChI=1S/C4H5ClO6/c5-11-4(10)2(7)1(6)3(8)9/h1-2,6-7H,(H,8,9). The van der Waals surface area contributed by atoms with Crippen LogP contribution in [0.4, 0.5) is 0 Å². The molecule has 0 heterocycles. The zero-order valence-electron chi connectivity index (χ0n) is 5.10. The lowest BCUT2D eigenvalue weighted by atomic mass is 10.2. The van der Waals surface area contributed by atoms with E-state index in [1.165, 1.54) is 0 Å². The van der Waals surface area contributed by atoms with Crippen molar-refractivity contribution in [3.05, 3.63) is 0 Å². The average Bonchev–Trinajstić information content (AvgIpc) is 2.00. The van der Waals surface area contributed by atoms with Gasteiger partial charge in [-0.05, 0) is 0 Å². The second kappa shape index (κ2) is 4.12. The molecule has 0 aromatic carbocycles. The van der Waals surface area contributed by atoms with Crippen molar-refractivity contribution in [3.63, 3.8) is 0 Å². The minimum atomic E-state index is -2.22. The lowest BCUT2D eigenvalue weighted by molar-refractivity contribution is -0.163. The number of carboxylic acid groups (broad SMARTS) is 1. The van der Waals surface area contributed by atoms with E-state index in [0.29, 0.717) is 0 Å². The molecule has 0 amide bonds. The van der Waals surface area contributed by atoms with Crippen LogP contribution in [0, 0.1) is 0 Å². The molecule has 6 nitrogen and oxygen atoms in total. The molecule has 64 valence electrons. The summed E-state index contributed by atoms with van der Waals surface area (Å²) in [5, 5.41) is 25.1. The van der Waals surface area contributed by atoms with Crippen molar-refractivity contribution >= 4 is 23.8 Å². The lowest BCUT2D eigenvalue weighted by Gasteiger charge is -2.08. The van der Waals surface area contributed by atoms with Crippen LogP contribution in [-0.2, 0) is 13.9 Å². The van der Waals surface area contributed by atoms with Crippen molar-refractivity contribution in [1.82, 2.24) is 0 Å². The van der Waals surface area contributed by atoms with Crippen molar-refractivity contribution in [3.8, 4) is 0 Å². The van der Waals surface area contributed by atoms with Gasteiger partial charge < -0.3 is 19.6 Å². The fourth-order valence-corrected chi connectivity index (χ4v) is 0.401. The van der Waals surface area contributed by atoms with E-state index >= 15 is 0 Å². The first-order valence-corrected chi connectivity index (χ1v) is 2.73. The highest BCUT2D eigenvalue weighted by molar-refractivity contribution is 6.13. The third-order valence-electron chi connectivity index (χ3n) is 0.870. The molecule has 0 spiro atoms. The Morgan fingerprint density at radius 1 is 1.27 bits per heavy atom. The van der Waals surface area contributed by atoms with Gasteiger partial charge in [-0.2, -0.15) is 0 Å². The molecule has 0 aliphatic heterocycles. The molecule has 2 atom stereocenters. The van der Waals surface area contributed by atoms with Crippen LogP contribution >= 0.6 is 11.9 Å². The third-order valence-corrected chi connectivity index (χ3v) is 1.02. The monoisotopic (exact) mass is 184 g/mol. The summed E-state index contributed by atoms with van der Waals surface area (Å²) in [6.45, 7) is 0. The van der Waals surface area contributed by atoms with Gasteiger partial charge >= 0.3 is 11.9 Å². The summed E-state index contributed by atoms with van der Waals surface area (Å²) in [6.07, 6.45) is -4.38. The molecule has 0 aliphatic rings. The molecule has 0 radical (unpaired) electrons. The van der Waals surface area contributed by atoms with Gasteiger partial charge in [-0.3, -0.25) is 0 Å². The van der Waals surface area contributed by atoms with Crippen LogP contribution in [0.2, 0.25) is 0 Å². The summed E-state index contributed by atoms with van der Waals surface area (Å²) in [6, 6.07) is 0. The summed E-state index contributed by atoms with van der Waals surface area (Å²) >= 11 is 4.48. The van der Waals surface area contributed by atoms with E-state index < -0.39 is 24.1 Å². The highest BCUT2D eigenvalue weighted by Gasteiger charge is 2.31. The Hall–Kier alpha value is -0.850. The maximum absolute atomic E-state index is 10.2. The third kappa shape index (κ3) is 2.71. The minimum absolute atomic E-state index is 1.42. The zero-order chi connectivity index (χ0) is 9.02. The van der Waals surface area contributed by atoms with E-state index in [-0.39, 0.29) is 0 Å². The molecule has 2 unspecified atom stereocenters. The van der Waals surface area contributed by atoms with Gasteiger partial charge in [0, 0.05) is 0 Å². The summed E-state index contributed by atoms with van der Waals surface area (Å²) in [4.78, 5) is 20.1. The Morgan fingerprint density at radius 2 is 1.73 bits per heavy atom. The Bertz CT molecular complexity index is 168. The number of hydrogen-bond donors (Lipinski definition) is 3. The van der Waals surface area contributed by atoms with E-state index in [2.05, 4.69) is 16.2 Å². The maximum atomic E-state index is 10.2. The van der Waals surface area contributed by atoms with Gasteiger partial charge in [-0.15, -0.1) is 0 Å². The average molecular weight is 185 g/mol. The van der Waals surface area contributed by atoms with Crippen molar-refractivity contribution in [2.24, 2.45) is 0 Å². The van der Waals surface area contributed by atoms with Crippen LogP contribution in [0.25, 0.3) is 0 Å². The van der Waals surface area contributed by atoms with E-state index in [4.69, 9.17) is 15.3 Å². The molecule has 0 aliphatic carbocycles. The summed E-state index contributed by atoms with van der Waals surface area (Å²) < 4.78 is 3.44. The molecular weight excluding hydrogens is 179 g/mol. The number of carbonyl (C=O) groups excluding carboxylic acids is 1. The molecule has 0 fully saturated rings. The summed E-state index contributed by atoms with van der Waals surface area (Å²) in [5.74, 6) is -3.15. The molecule has 11 heavy (non-hydrogen) atoms. The van der Waals surface area contributed by atoms with Crippen molar-refractivity contribution < 1.29 is 29.2 Å². The topological polar surface area (TPSA) is 104 Å².